The standard InChI is InChI=1S/C15H17ClN2O3S2/c1-10-4-6-12(7-5-10)23(19,20)14-13(16)22-15(18-14)17-9-11-3-2-8-21-11/h4-7,11H,2-3,8-9H2,1H3,(H,17,18). The van der Waals surface area contributed by atoms with Gasteiger partial charge in [-0.15, -0.1) is 0 Å². The Morgan fingerprint density at radius 3 is 2.78 bits per heavy atom. The van der Waals surface area contributed by atoms with Gasteiger partial charge in [0.25, 0.3) is 0 Å². The average molecular weight is 373 g/mol. The molecule has 2 aromatic rings. The van der Waals surface area contributed by atoms with Gasteiger partial charge in [-0.2, -0.15) is 0 Å². The van der Waals surface area contributed by atoms with E-state index in [0.29, 0.717) is 11.7 Å². The van der Waals surface area contributed by atoms with Gasteiger partial charge in [0.05, 0.1) is 11.0 Å². The van der Waals surface area contributed by atoms with Gasteiger partial charge in [-0.05, 0) is 31.9 Å². The first-order valence-corrected chi connectivity index (χ1v) is 9.98. The minimum atomic E-state index is -3.71. The number of thiazole rings is 1. The highest BCUT2D eigenvalue weighted by atomic mass is 35.5. The van der Waals surface area contributed by atoms with E-state index in [1.807, 2.05) is 6.92 Å². The molecule has 1 aromatic carbocycles. The van der Waals surface area contributed by atoms with Crippen LogP contribution in [0.2, 0.25) is 4.34 Å². The molecule has 0 radical (unpaired) electrons. The number of sulfone groups is 1. The van der Waals surface area contributed by atoms with Crippen molar-refractivity contribution in [2.45, 2.75) is 35.8 Å². The van der Waals surface area contributed by atoms with Gasteiger partial charge in [-0.3, -0.25) is 0 Å². The van der Waals surface area contributed by atoms with Gasteiger partial charge in [0, 0.05) is 13.2 Å². The predicted molar refractivity (Wildman–Crippen MR) is 91.2 cm³/mol. The third-order valence-corrected chi connectivity index (χ3v) is 6.80. The minimum Gasteiger partial charge on any atom is -0.376 e. The molecule has 0 spiro atoms. The summed E-state index contributed by atoms with van der Waals surface area (Å²) in [7, 11) is -3.71. The zero-order valence-corrected chi connectivity index (χ0v) is 15.0. The number of ether oxygens (including phenoxy) is 1. The van der Waals surface area contributed by atoms with E-state index in [-0.39, 0.29) is 20.4 Å². The molecule has 0 bridgehead atoms. The number of anilines is 1. The van der Waals surface area contributed by atoms with E-state index in [0.717, 1.165) is 36.3 Å². The van der Waals surface area contributed by atoms with E-state index < -0.39 is 9.84 Å². The van der Waals surface area contributed by atoms with E-state index in [1.165, 1.54) is 0 Å². The normalized spacial score (nSPS) is 18.3. The Morgan fingerprint density at radius 1 is 1.39 bits per heavy atom. The Hall–Kier alpha value is -1.15. The van der Waals surface area contributed by atoms with Crippen molar-refractivity contribution in [3.63, 3.8) is 0 Å². The lowest BCUT2D eigenvalue weighted by atomic mass is 10.2. The molecule has 5 nitrogen and oxygen atoms in total. The van der Waals surface area contributed by atoms with Gasteiger partial charge < -0.3 is 10.1 Å². The maximum atomic E-state index is 12.6. The summed E-state index contributed by atoms with van der Waals surface area (Å²) in [5, 5.41) is 3.52. The van der Waals surface area contributed by atoms with Crippen molar-refractivity contribution < 1.29 is 13.2 Å². The van der Waals surface area contributed by atoms with E-state index in [4.69, 9.17) is 16.3 Å². The van der Waals surface area contributed by atoms with Crippen molar-refractivity contribution in [2.24, 2.45) is 0 Å². The van der Waals surface area contributed by atoms with Gasteiger partial charge in [0.2, 0.25) is 9.84 Å². The second-order valence-electron chi connectivity index (χ2n) is 5.43. The molecule has 124 valence electrons. The molecule has 1 fully saturated rings. The van der Waals surface area contributed by atoms with Crippen molar-refractivity contribution in [1.29, 1.82) is 0 Å². The zero-order valence-electron chi connectivity index (χ0n) is 12.6. The smallest absolute Gasteiger partial charge is 0.226 e. The second-order valence-corrected chi connectivity index (χ2v) is 8.90. The van der Waals surface area contributed by atoms with Crippen LogP contribution in [-0.2, 0) is 14.6 Å². The first-order chi connectivity index (χ1) is 11.0. The molecule has 1 N–H and O–H groups in total. The number of nitrogens with zero attached hydrogens (tertiary/aromatic N) is 1. The summed E-state index contributed by atoms with van der Waals surface area (Å²) in [6.45, 7) is 3.28. The number of rotatable bonds is 5. The topological polar surface area (TPSA) is 68.3 Å². The first kappa shape index (κ1) is 16.7. The third-order valence-electron chi connectivity index (χ3n) is 3.65. The Morgan fingerprint density at radius 2 is 2.13 bits per heavy atom. The van der Waals surface area contributed by atoms with E-state index >= 15 is 0 Å². The molecule has 2 heterocycles. The number of halogens is 1. The summed E-state index contributed by atoms with van der Waals surface area (Å²) < 4.78 is 31.0. The number of nitrogens with one attached hydrogen (secondary N) is 1. The van der Waals surface area contributed by atoms with Crippen molar-refractivity contribution in [3.8, 4) is 0 Å². The quantitative estimate of drug-likeness (QED) is 0.869. The van der Waals surface area contributed by atoms with Gasteiger partial charge in [-0.1, -0.05) is 40.6 Å². The molecule has 0 amide bonds. The molecule has 1 aliphatic rings. The Labute approximate surface area is 144 Å². The van der Waals surface area contributed by atoms with Crippen molar-refractivity contribution >= 4 is 37.9 Å². The summed E-state index contributed by atoms with van der Waals surface area (Å²) in [4.78, 5) is 4.37. The molecule has 0 saturated carbocycles. The molecular weight excluding hydrogens is 356 g/mol. The van der Waals surface area contributed by atoms with Gasteiger partial charge in [0.1, 0.15) is 4.34 Å². The monoisotopic (exact) mass is 372 g/mol. The number of aromatic nitrogens is 1. The lowest BCUT2D eigenvalue weighted by Crippen LogP contribution is -2.18. The van der Waals surface area contributed by atoms with E-state index in [1.54, 1.807) is 24.3 Å². The van der Waals surface area contributed by atoms with Crippen LogP contribution in [0.25, 0.3) is 0 Å². The first-order valence-electron chi connectivity index (χ1n) is 7.30. The number of hydrogen-bond acceptors (Lipinski definition) is 6. The van der Waals surface area contributed by atoms with E-state index in [9.17, 15) is 8.42 Å². The lowest BCUT2D eigenvalue weighted by molar-refractivity contribution is 0.120. The summed E-state index contributed by atoms with van der Waals surface area (Å²) in [5.74, 6) is 0. The molecule has 1 aromatic heterocycles. The van der Waals surface area contributed by atoms with Crippen LogP contribution < -0.4 is 5.32 Å². The van der Waals surface area contributed by atoms with Crippen LogP contribution in [0.1, 0.15) is 18.4 Å². The molecule has 1 unspecified atom stereocenters. The molecule has 1 saturated heterocycles. The van der Waals surface area contributed by atoms with Crippen LogP contribution in [0.4, 0.5) is 5.13 Å². The van der Waals surface area contributed by atoms with Crippen molar-refractivity contribution in [3.05, 3.63) is 34.2 Å². The molecule has 0 aliphatic carbocycles. The Balaban J connectivity index is 1.80. The highest BCUT2D eigenvalue weighted by Crippen LogP contribution is 2.34. The van der Waals surface area contributed by atoms with Crippen LogP contribution in [0.3, 0.4) is 0 Å². The van der Waals surface area contributed by atoms with Crippen LogP contribution in [0.5, 0.6) is 0 Å². The summed E-state index contributed by atoms with van der Waals surface area (Å²) in [5.41, 5.74) is 0.993. The summed E-state index contributed by atoms with van der Waals surface area (Å²) >= 11 is 7.24. The summed E-state index contributed by atoms with van der Waals surface area (Å²) in [6, 6.07) is 6.65. The fourth-order valence-corrected chi connectivity index (χ4v) is 5.18. The second kappa shape index (κ2) is 6.76. The maximum absolute atomic E-state index is 12.6. The molecule has 1 aliphatic heterocycles. The molecular formula is C15H17ClN2O3S2. The summed E-state index contributed by atoms with van der Waals surface area (Å²) in [6.07, 6.45) is 2.20. The number of hydrogen-bond donors (Lipinski definition) is 1. The fourth-order valence-electron chi connectivity index (χ4n) is 2.36. The van der Waals surface area contributed by atoms with Gasteiger partial charge in [-0.25, -0.2) is 13.4 Å². The molecule has 8 heteroatoms. The SMILES string of the molecule is Cc1ccc(S(=O)(=O)c2nc(NCC3CCCO3)sc2Cl)cc1. The van der Waals surface area contributed by atoms with Crippen LogP contribution >= 0.6 is 22.9 Å². The predicted octanol–water partition coefficient (Wildman–Crippen LogP) is 3.53. The van der Waals surface area contributed by atoms with Crippen LogP contribution in [-0.4, -0.2) is 32.7 Å². The average Bonchev–Trinajstić information content (AvgIpc) is 3.15. The Kier molecular flexibility index (Phi) is 4.91. The Bertz CT molecular complexity index is 782. The van der Waals surface area contributed by atoms with Crippen molar-refractivity contribution in [1.82, 2.24) is 4.98 Å². The molecule has 3 rings (SSSR count). The fraction of sp³-hybridized carbons (Fsp3) is 0.400. The van der Waals surface area contributed by atoms with Gasteiger partial charge >= 0.3 is 0 Å². The van der Waals surface area contributed by atoms with E-state index in [2.05, 4.69) is 10.3 Å². The molecule has 1 atom stereocenters. The van der Waals surface area contributed by atoms with Gasteiger partial charge in [0.15, 0.2) is 10.2 Å². The maximum Gasteiger partial charge on any atom is 0.226 e. The number of aryl methyl sites for hydroxylation is 1. The molecule has 23 heavy (non-hydrogen) atoms. The zero-order chi connectivity index (χ0) is 16.4. The third kappa shape index (κ3) is 3.68. The highest BCUT2D eigenvalue weighted by molar-refractivity contribution is 7.91. The van der Waals surface area contributed by atoms with Crippen LogP contribution in [0.15, 0.2) is 34.2 Å². The highest BCUT2D eigenvalue weighted by Gasteiger charge is 2.26. The largest absolute Gasteiger partial charge is 0.376 e. The lowest BCUT2D eigenvalue weighted by Gasteiger charge is -2.09. The number of benzene rings is 1. The van der Waals surface area contributed by atoms with Crippen LogP contribution in [0, 0.1) is 6.92 Å². The van der Waals surface area contributed by atoms with Crippen molar-refractivity contribution in [2.75, 3.05) is 18.5 Å². The minimum absolute atomic E-state index is 0.0946.